The van der Waals surface area contributed by atoms with Crippen LogP contribution in [0.3, 0.4) is 0 Å². The molecule has 1 saturated heterocycles. The van der Waals surface area contributed by atoms with Gasteiger partial charge in [0.05, 0.1) is 11.7 Å². The van der Waals surface area contributed by atoms with Crippen molar-refractivity contribution in [1.82, 2.24) is 4.90 Å². The number of hydrogen-bond donors (Lipinski definition) is 1. The molecular weight excluding hydrogens is 234 g/mol. The number of aliphatic carboxylic acids is 1. The first kappa shape index (κ1) is 13.8. The van der Waals surface area contributed by atoms with Gasteiger partial charge in [-0.25, -0.2) is 4.79 Å². The van der Waals surface area contributed by atoms with Crippen LogP contribution in [0.15, 0.2) is 0 Å². The first-order valence-corrected chi connectivity index (χ1v) is 6.67. The summed E-state index contributed by atoms with van der Waals surface area (Å²) in [5.41, 5.74) is -0.297. The van der Waals surface area contributed by atoms with E-state index in [4.69, 9.17) is 14.6 Å². The molecule has 0 amide bonds. The van der Waals surface area contributed by atoms with Gasteiger partial charge in [-0.2, -0.15) is 0 Å². The van der Waals surface area contributed by atoms with E-state index in [9.17, 15) is 4.79 Å². The molecule has 0 aromatic rings. The van der Waals surface area contributed by atoms with Crippen molar-refractivity contribution in [3.8, 4) is 0 Å². The number of carboxylic acid groups (broad SMARTS) is 1. The number of ether oxygens (including phenoxy) is 2. The number of carbonyl (C=O) groups is 1. The first-order valence-electron chi connectivity index (χ1n) is 6.67. The maximum atomic E-state index is 10.5. The van der Waals surface area contributed by atoms with Crippen molar-refractivity contribution in [1.29, 1.82) is 0 Å². The number of carboxylic acids is 1. The van der Waals surface area contributed by atoms with E-state index in [2.05, 4.69) is 4.90 Å². The standard InChI is InChI=1S/C13H23NO4/c1-13(18-7-12(15)16)8-14(9-13)10-5-3-4-6-11(10)17-2/h10-11H,3-9H2,1-2H3,(H,15,16). The minimum Gasteiger partial charge on any atom is -0.480 e. The highest BCUT2D eigenvalue weighted by Crippen LogP contribution is 2.33. The fourth-order valence-electron chi connectivity index (χ4n) is 3.14. The molecule has 0 radical (unpaired) electrons. The third-order valence-corrected chi connectivity index (χ3v) is 4.06. The lowest BCUT2D eigenvalue weighted by atomic mass is 9.85. The minimum absolute atomic E-state index is 0.206. The van der Waals surface area contributed by atoms with Gasteiger partial charge in [-0.1, -0.05) is 12.8 Å². The lowest BCUT2D eigenvalue weighted by Crippen LogP contribution is -2.67. The molecule has 1 aliphatic carbocycles. The van der Waals surface area contributed by atoms with Gasteiger partial charge in [-0.3, -0.25) is 4.90 Å². The molecule has 1 aliphatic heterocycles. The molecule has 1 saturated carbocycles. The monoisotopic (exact) mass is 257 g/mol. The van der Waals surface area contributed by atoms with Crippen molar-refractivity contribution < 1.29 is 19.4 Å². The van der Waals surface area contributed by atoms with Crippen molar-refractivity contribution in [2.24, 2.45) is 0 Å². The molecule has 18 heavy (non-hydrogen) atoms. The number of likely N-dealkylation sites (tertiary alicyclic amines) is 1. The minimum atomic E-state index is -0.901. The summed E-state index contributed by atoms with van der Waals surface area (Å²) in [6.07, 6.45) is 5.13. The van der Waals surface area contributed by atoms with Crippen LogP contribution in [0.2, 0.25) is 0 Å². The summed E-state index contributed by atoms with van der Waals surface area (Å²) in [6, 6.07) is 0.477. The van der Waals surface area contributed by atoms with Gasteiger partial charge in [0.25, 0.3) is 0 Å². The van der Waals surface area contributed by atoms with Crippen LogP contribution in [-0.2, 0) is 14.3 Å². The van der Waals surface area contributed by atoms with Crippen molar-refractivity contribution in [3.63, 3.8) is 0 Å². The molecule has 104 valence electrons. The summed E-state index contributed by atoms with van der Waals surface area (Å²) in [7, 11) is 1.78. The van der Waals surface area contributed by atoms with Gasteiger partial charge in [0.1, 0.15) is 6.61 Å². The highest BCUT2D eigenvalue weighted by atomic mass is 16.5. The molecule has 0 aromatic heterocycles. The zero-order valence-electron chi connectivity index (χ0n) is 11.2. The second kappa shape index (κ2) is 5.55. The maximum absolute atomic E-state index is 10.5. The summed E-state index contributed by atoms with van der Waals surface area (Å²) in [6.45, 7) is 3.40. The van der Waals surface area contributed by atoms with Crippen LogP contribution in [0, 0.1) is 0 Å². The molecule has 0 bridgehead atoms. The Morgan fingerprint density at radius 1 is 1.39 bits per heavy atom. The van der Waals surface area contributed by atoms with Crippen LogP contribution in [0.4, 0.5) is 0 Å². The third kappa shape index (κ3) is 3.02. The highest BCUT2D eigenvalue weighted by molar-refractivity contribution is 5.68. The lowest BCUT2D eigenvalue weighted by Gasteiger charge is -2.53. The second-order valence-corrected chi connectivity index (χ2v) is 5.66. The normalized spacial score (nSPS) is 31.9. The van der Waals surface area contributed by atoms with Gasteiger partial charge in [-0.15, -0.1) is 0 Å². The lowest BCUT2D eigenvalue weighted by molar-refractivity contribution is -0.178. The van der Waals surface area contributed by atoms with Crippen LogP contribution in [0.25, 0.3) is 0 Å². The first-order chi connectivity index (χ1) is 8.54. The highest BCUT2D eigenvalue weighted by Gasteiger charge is 2.45. The Kier molecular flexibility index (Phi) is 4.25. The van der Waals surface area contributed by atoms with E-state index >= 15 is 0 Å². The molecule has 2 fully saturated rings. The number of rotatable bonds is 5. The molecule has 2 atom stereocenters. The van der Waals surface area contributed by atoms with Crippen LogP contribution < -0.4 is 0 Å². The molecule has 2 rings (SSSR count). The third-order valence-electron chi connectivity index (χ3n) is 4.06. The fraction of sp³-hybridized carbons (Fsp3) is 0.923. The van der Waals surface area contributed by atoms with Gasteiger partial charge in [0.2, 0.25) is 0 Å². The van der Waals surface area contributed by atoms with Gasteiger partial charge in [0, 0.05) is 26.2 Å². The van der Waals surface area contributed by atoms with Crippen LogP contribution in [0.1, 0.15) is 32.6 Å². The number of methoxy groups -OCH3 is 1. The Labute approximate surface area is 108 Å². The van der Waals surface area contributed by atoms with Crippen LogP contribution >= 0.6 is 0 Å². The van der Waals surface area contributed by atoms with Crippen molar-refractivity contribution >= 4 is 5.97 Å². The smallest absolute Gasteiger partial charge is 0.329 e. The van der Waals surface area contributed by atoms with Gasteiger partial charge >= 0.3 is 5.97 Å². The fourth-order valence-corrected chi connectivity index (χ4v) is 3.14. The average molecular weight is 257 g/mol. The molecule has 1 heterocycles. The molecular formula is C13H23NO4. The summed E-state index contributed by atoms with van der Waals surface area (Å²) in [5, 5.41) is 8.63. The van der Waals surface area contributed by atoms with Crippen molar-refractivity contribution in [2.75, 3.05) is 26.8 Å². The van der Waals surface area contributed by atoms with Crippen LogP contribution in [-0.4, -0.2) is 60.5 Å². The van der Waals surface area contributed by atoms with Crippen LogP contribution in [0.5, 0.6) is 0 Å². The number of hydrogen-bond acceptors (Lipinski definition) is 4. The van der Waals surface area contributed by atoms with Crippen molar-refractivity contribution in [3.05, 3.63) is 0 Å². The molecule has 2 aliphatic rings. The second-order valence-electron chi connectivity index (χ2n) is 5.66. The predicted molar refractivity (Wildman–Crippen MR) is 66.6 cm³/mol. The van der Waals surface area contributed by atoms with Gasteiger partial charge in [0.15, 0.2) is 0 Å². The zero-order chi connectivity index (χ0) is 13.2. The van der Waals surface area contributed by atoms with E-state index in [1.165, 1.54) is 19.3 Å². The summed E-state index contributed by atoms with van der Waals surface area (Å²) in [4.78, 5) is 12.9. The Morgan fingerprint density at radius 3 is 2.67 bits per heavy atom. The molecule has 2 unspecified atom stereocenters. The summed E-state index contributed by atoms with van der Waals surface area (Å²) >= 11 is 0. The van der Waals surface area contributed by atoms with Gasteiger partial charge < -0.3 is 14.6 Å². The molecule has 5 heteroatoms. The zero-order valence-corrected chi connectivity index (χ0v) is 11.2. The Bertz CT molecular complexity index is 301. The molecule has 0 aromatic carbocycles. The largest absolute Gasteiger partial charge is 0.480 e. The van der Waals surface area contributed by atoms with Gasteiger partial charge in [-0.05, 0) is 19.8 Å². The van der Waals surface area contributed by atoms with E-state index < -0.39 is 5.97 Å². The predicted octanol–water partition coefficient (Wildman–Crippen LogP) is 1.12. The van der Waals surface area contributed by atoms with E-state index in [-0.39, 0.29) is 12.2 Å². The Hall–Kier alpha value is -0.650. The Morgan fingerprint density at radius 2 is 2.06 bits per heavy atom. The topological polar surface area (TPSA) is 59.0 Å². The van der Waals surface area contributed by atoms with E-state index in [0.717, 1.165) is 19.5 Å². The molecule has 0 spiro atoms. The quantitative estimate of drug-likeness (QED) is 0.799. The van der Waals surface area contributed by atoms with E-state index in [0.29, 0.717) is 12.1 Å². The molecule has 1 N–H and O–H groups in total. The maximum Gasteiger partial charge on any atom is 0.329 e. The van der Waals surface area contributed by atoms with E-state index in [1.54, 1.807) is 7.11 Å². The average Bonchev–Trinajstić information content (AvgIpc) is 2.33. The molecule has 5 nitrogen and oxygen atoms in total. The Balaban J connectivity index is 1.81. The summed E-state index contributed by atoms with van der Waals surface area (Å²) in [5.74, 6) is -0.901. The SMILES string of the molecule is COC1CCCCC1N1CC(C)(OCC(=O)O)C1. The number of nitrogens with zero attached hydrogens (tertiary/aromatic N) is 1. The summed E-state index contributed by atoms with van der Waals surface area (Å²) < 4.78 is 11.0. The van der Waals surface area contributed by atoms with E-state index in [1.807, 2.05) is 6.92 Å². The van der Waals surface area contributed by atoms with Crippen molar-refractivity contribution in [2.45, 2.75) is 50.4 Å².